The summed E-state index contributed by atoms with van der Waals surface area (Å²) in [6, 6.07) is 9.98. The summed E-state index contributed by atoms with van der Waals surface area (Å²) in [7, 11) is -0.665. The van der Waals surface area contributed by atoms with Gasteiger partial charge in [-0.25, -0.2) is 13.2 Å². The van der Waals surface area contributed by atoms with Gasteiger partial charge in [0.05, 0.1) is 24.6 Å². The molecule has 0 radical (unpaired) electrons. The smallest absolute Gasteiger partial charge is 0.320 e. The molecule has 4 amide bonds. The van der Waals surface area contributed by atoms with Crippen LogP contribution in [0.2, 0.25) is 0 Å². The van der Waals surface area contributed by atoms with Gasteiger partial charge in [0.2, 0.25) is 21.8 Å². The van der Waals surface area contributed by atoms with E-state index in [4.69, 9.17) is 9.47 Å². The Morgan fingerprint density at radius 3 is 2.64 bits per heavy atom. The lowest BCUT2D eigenvalue weighted by atomic mass is 10.1. The van der Waals surface area contributed by atoms with E-state index in [1.165, 1.54) is 12.0 Å². The number of aromatic nitrogens is 2. The second kappa shape index (κ2) is 12.3. The number of ether oxygens (including phenoxy) is 2. The second-order valence-electron chi connectivity index (χ2n) is 12.2. The number of allylic oxidation sites excluding steroid dienone is 1. The van der Waals surface area contributed by atoms with Crippen LogP contribution >= 0.6 is 0 Å². The largest absolute Gasteiger partial charge is 0.472 e. The molecular weight excluding hydrogens is 600 g/mol. The van der Waals surface area contributed by atoms with Crippen LogP contribution in [0.3, 0.4) is 0 Å². The van der Waals surface area contributed by atoms with Crippen LogP contribution in [0.5, 0.6) is 11.9 Å². The number of urea groups is 1. The molecule has 1 aromatic carbocycles. The molecular formula is C31H38N6O7S. The zero-order valence-electron chi connectivity index (χ0n) is 25.3. The maximum atomic E-state index is 13.9. The van der Waals surface area contributed by atoms with Crippen molar-refractivity contribution in [3.05, 3.63) is 48.6 Å². The topological polar surface area (TPSA) is 160 Å². The highest BCUT2D eigenvalue weighted by Gasteiger charge is 2.62. The first-order chi connectivity index (χ1) is 21.6. The lowest BCUT2D eigenvalue weighted by molar-refractivity contribution is -0.131. The number of fused-ring (bicyclic) bond motifs is 2. The minimum absolute atomic E-state index is 0.104. The van der Waals surface area contributed by atoms with E-state index in [2.05, 4.69) is 20.0 Å². The normalized spacial score (nSPS) is 27.8. The van der Waals surface area contributed by atoms with Crippen LogP contribution in [0.4, 0.5) is 4.79 Å². The number of nitrogens with one attached hydrogen (secondary N) is 2. The summed E-state index contributed by atoms with van der Waals surface area (Å²) >= 11 is 0. The number of amides is 4. The first-order valence-corrected chi connectivity index (χ1v) is 16.9. The molecule has 14 heteroatoms. The minimum Gasteiger partial charge on any atom is -0.472 e. The second-order valence-corrected chi connectivity index (χ2v) is 14.1. The molecule has 2 aliphatic heterocycles. The predicted octanol–water partition coefficient (Wildman–Crippen LogP) is 2.25. The van der Waals surface area contributed by atoms with Crippen LogP contribution in [-0.2, 0) is 19.6 Å². The fourth-order valence-electron chi connectivity index (χ4n) is 5.98. The molecule has 2 N–H and O–H groups in total. The highest BCUT2D eigenvalue weighted by molar-refractivity contribution is 7.91. The van der Waals surface area contributed by atoms with Crippen LogP contribution in [0, 0.1) is 5.92 Å². The Morgan fingerprint density at radius 1 is 1.13 bits per heavy atom. The van der Waals surface area contributed by atoms with Crippen molar-refractivity contribution < 1.29 is 32.3 Å². The molecule has 240 valence electrons. The van der Waals surface area contributed by atoms with E-state index in [9.17, 15) is 22.8 Å². The highest BCUT2D eigenvalue weighted by Crippen LogP contribution is 2.46. The molecule has 0 bridgehead atoms. The summed E-state index contributed by atoms with van der Waals surface area (Å²) in [5, 5.41) is 2.28. The number of methoxy groups -OCH3 is 1. The Kier molecular flexibility index (Phi) is 8.42. The Morgan fingerprint density at radius 2 is 1.91 bits per heavy atom. The van der Waals surface area contributed by atoms with Crippen LogP contribution in [0.1, 0.15) is 44.9 Å². The van der Waals surface area contributed by atoms with Crippen molar-refractivity contribution in [2.45, 2.75) is 67.9 Å². The van der Waals surface area contributed by atoms with Gasteiger partial charge in [-0.15, -0.1) is 0 Å². The number of nitrogens with zero attached hydrogens (tertiary/aromatic N) is 4. The van der Waals surface area contributed by atoms with Crippen molar-refractivity contribution in [1.29, 1.82) is 0 Å². The molecule has 2 aromatic rings. The van der Waals surface area contributed by atoms with Crippen molar-refractivity contribution >= 4 is 27.9 Å². The van der Waals surface area contributed by atoms with E-state index in [0.717, 1.165) is 24.8 Å². The van der Waals surface area contributed by atoms with E-state index in [1.54, 1.807) is 18.0 Å². The zero-order valence-corrected chi connectivity index (χ0v) is 26.2. The van der Waals surface area contributed by atoms with E-state index in [-0.39, 0.29) is 43.2 Å². The molecule has 3 fully saturated rings. The van der Waals surface area contributed by atoms with Gasteiger partial charge in [-0.2, -0.15) is 9.97 Å². The van der Waals surface area contributed by atoms with Crippen LogP contribution in [-0.4, -0.2) is 96.2 Å². The number of sulfonamides is 1. The molecule has 1 aromatic heterocycles. The van der Waals surface area contributed by atoms with Gasteiger partial charge in [0.25, 0.3) is 5.91 Å². The molecule has 13 nitrogen and oxygen atoms in total. The third-order valence-electron chi connectivity index (χ3n) is 8.81. The lowest BCUT2D eigenvalue weighted by Crippen LogP contribution is -2.57. The van der Waals surface area contributed by atoms with Gasteiger partial charge in [-0.3, -0.25) is 14.3 Å². The molecule has 4 aliphatic rings. The van der Waals surface area contributed by atoms with Gasteiger partial charge < -0.3 is 24.6 Å². The maximum Gasteiger partial charge on any atom is 0.320 e. The summed E-state index contributed by atoms with van der Waals surface area (Å²) < 4.78 is 39.0. The van der Waals surface area contributed by atoms with E-state index < -0.39 is 44.8 Å². The molecule has 2 aliphatic carbocycles. The van der Waals surface area contributed by atoms with Gasteiger partial charge >= 0.3 is 12.0 Å². The third-order valence-corrected chi connectivity index (χ3v) is 10.6. The summed E-state index contributed by atoms with van der Waals surface area (Å²) in [5.74, 6) is -1.41. The van der Waals surface area contributed by atoms with Crippen molar-refractivity contribution in [2.24, 2.45) is 5.92 Å². The molecule has 3 heterocycles. The van der Waals surface area contributed by atoms with Gasteiger partial charge in [-0.1, -0.05) is 42.5 Å². The standard InChI is InChI=1S/C31H38N6O7S/c1-36-15-9-4-3-8-12-21-18-31(21,28(39)35-45(41,42)23-13-14-23)34-27(38)25-16-22(19-37(25)30(36)40)44-26-17-24(32-29(33-26)43-2)20-10-6-5-7-11-20/h5-8,10-12,17,21-23,25H,3-4,9,13-16,18-19H2,1-2H3,(H,34,38)(H,35,39)/b12-8-/t21-,22+,25-,31+/m0/s1. The van der Waals surface area contributed by atoms with Gasteiger partial charge in [0.1, 0.15) is 17.7 Å². The summed E-state index contributed by atoms with van der Waals surface area (Å²) in [6.07, 6.45) is 6.98. The number of hydrogen-bond acceptors (Lipinski definition) is 9. The Labute approximate surface area is 262 Å². The molecule has 2 saturated carbocycles. The average molecular weight is 639 g/mol. The number of rotatable bonds is 7. The van der Waals surface area contributed by atoms with Crippen LogP contribution in [0.15, 0.2) is 48.6 Å². The monoisotopic (exact) mass is 638 g/mol. The average Bonchev–Trinajstić information content (AvgIpc) is 3.95. The Hall–Kier alpha value is -4.20. The number of carbonyl (C=O) groups is 3. The minimum atomic E-state index is -3.82. The van der Waals surface area contributed by atoms with E-state index >= 15 is 0 Å². The highest BCUT2D eigenvalue weighted by atomic mass is 32.2. The van der Waals surface area contributed by atoms with Gasteiger partial charge in [0.15, 0.2) is 0 Å². The predicted molar refractivity (Wildman–Crippen MR) is 164 cm³/mol. The Bertz CT molecular complexity index is 1600. The molecule has 6 rings (SSSR count). The van der Waals surface area contributed by atoms with E-state index in [0.29, 0.717) is 25.1 Å². The molecule has 1 saturated heterocycles. The number of hydrogen-bond donors (Lipinski definition) is 2. The van der Waals surface area contributed by atoms with Crippen LogP contribution < -0.4 is 19.5 Å². The fourth-order valence-corrected chi connectivity index (χ4v) is 7.34. The summed E-state index contributed by atoms with van der Waals surface area (Å²) in [6.45, 7) is 0.619. The molecule has 0 spiro atoms. The lowest BCUT2D eigenvalue weighted by Gasteiger charge is -2.30. The first kappa shape index (κ1) is 30.8. The van der Waals surface area contributed by atoms with Gasteiger partial charge in [0, 0.05) is 37.6 Å². The summed E-state index contributed by atoms with van der Waals surface area (Å²) in [5.41, 5.74) is 0.0109. The van der Waals surface area contributed by atoms with E-state index in [1.807, 2.05) is 42.5 Å². The third kappa shape index (κ3) is 6.60. The number of benzene rings is 1. The Balaban J connectivity index is 1.26. The maximum absolute atomic E-state index is 13.9. The molecule has 0 unspecified atom stereocenters. The van der Waals surface area contributed by atoms with Crippen LogP contribution in [0.25, 0.3) is 11.3 Å². The zero-order chi connectivity index (χ0) is 31.8. The SMILES string of the molecule is COc1nc(O[C@@H]2C[C@H]3C(=O)N[C@]4(C(=O)NS(=O)(=O)C5CC5)C[C@@H]4/C=C\CCCCN(C)C(=O)N3C2)cc(-c2ccccc2)n1. The fraction of sp³-hybridized carbons (Fsp3) is 0.516. The first-order valence-electron chi connectivity index (χ1n) is 15.3. The van der Waals surface area contributed by atoms with Crippen molar-refractivity contribution in [2.75, 3.05) is 27.2 Å². The summed E-state index contributed by atoms with van der Waals surface area (Å²) in [4.78, 5) is 52.8. The number of carbonyl (C=O) groups excluding carboxylic acids is 3. The van der Waals surface area contributed by atoms with Crippen molar-refractivity contribution in [3.63, 3.8) is 0 Å². The quantitative estimate of drug-likeness (QED) is 0.434. The molecule has 4 atom stereocenters. The van der Waals surface area contributed by atoms with Crippen molar-refractivity contribution in [3.8, 4) is 23.1 Å². The van der Waals surface area contributed by atoms with Gasteiger partial charge in [-0.05, 0) is 38.5 Å². The molecule has 45 heavy (non-hydrogen) atoms. The van der Waals surface area contributed by atoms with Crippen molar-refractivity contribution in [1.82, 2.24) is 29.8 Å².